The number of carbonyl (C=O) groups excluding carboxylic acids is 1. The van der Waals surface area contributed by atoms with Crippen LogP contribution in [0, 0.1) is 19.8 Å². The monoisotopic (exact) mass is 274 g/mol. The Bertz CT molecular complexity index is 470. The van der Waals surface area contributed by atoms with E-state index in [4.69, 9.17) is 0 Å². The predicted octanol–water partition coefficient (Wildman–Crippen LogP) is 2.81. The van der Waals surface area contributed by atoms with E-state index in [1.807, 2.05) is 32.0 Å². The first-order valence-electron chi connectivity index (χ1n) is 7.70. The molecule has 2 unspecified atom stereocenters. The number of piperidine rings is 1. The van der Waals surface area contributed by atoms with Crippen molar-refractivity contribution >= 4 is 5.91 Å². The summed E-state index contributed by atoms with van der Waals surface area (Å²) >= 11 is 0. The van der Waals surface area contributed by atoms with Crippen LogP contribution in [-0.2, 0) is 0 Å². The lowest BCUT2D eigenvalue weighted by molar-refractivity contribution is 0.0941. The quantitative estimate of drug-likeness (QED) is 0.886. The predicted molar refractivity (Wildman–Crippen MR) is 83.1 cm³/mol. The highest BCUT2D eigenvalue weighted by molar-refractivity contribution is 5.95. The van der Waals surface area contributed by atoms with Gasteiger partial charge in [0.15, 0.2) is 0 Å². The van der Waals surface area contributed by atoms with Crippen molar-refractivity contribution in [3.8, 4) is 0 Å². The maximum atomic E-state index is 12.3. The summed E-state index contributed by atoms with van der Waals surface area (Å²) in [4.78, 5) is 12.3. The Balaban J connectivity index is 1.96. The molecule has 0 bridgehead atoms. The zero-order valence-electron chi connectivity index (χ0n) is 12.8. The first-order valence-corrected chi connectivity index (χ1v) is 7.70. The Morgan fingerprint density at radius 1 is 1.40 bits per heavy atom. The average Bonchev–Trinajstić information content (AvgIpc) is 2.47. The largest absolute Gasteiger partial charge is 0.350 e. The highest BCUT2D eigenvalue weighted by Gasteiger charge is 2.23. The van der Waals surface area contributed by atoms with Crippen molar-refractivity contribution in [1.29, 1.82) is 0 Å². The summed E-state index contributed by atoms with van der Waals surface area (Å²) < 4.78 is 0. The molecular formula is C17H26N2O. The van der Waals surface area contributed by atoms with Crippen molar-refractivity contribution in [2.45, 2.75) is 46.1 Å². The third kappa shape index (κ3) is 3.60. The van der Waals surface area contributed by atoms with Gasteiger partial charge in [0.1, 0.15) is 0 Å². The van der Waals surface area contributed by atoms with Crippen molar-refractivity contribution in [2.24, 2.45) is 5.92 Å². The second kappa shape index (κ2) is 6.89. The molecule has 1 aliphatic heterocycles. The van der Waals surface area contributed by atoms with Crippen LogP contribution in [0.5, 0.6) is 0 Å². The molecule has 2 rings (SSSR count). The number of amides is 1. The molecule has 1 aromatic carbocycles. The van der Waals surface area contributed by atoms with Crippen molar-refractivity contribution in [3.05, 3.63) is 34.9 Å². The van der Waals surface area contributed by atoms with E-state index in [9.17, 15) is 4.79 Å². The van der Waals surface area contributed by atoms with Crippen LogP contribution < -0.4 is 10.6 Å². The van der Waals surface area contributed by atoms with Gasteiger partial charge in [0, 0.05) is 18.2 Å². The molecule has 20 heavy (non-hydrogen) atoms. The Labute approximate surface area is 122 Å². The fourth-order valence-corrected chi connectivity index (χ4v) is 3.03. The molecule has 0 radical (unpaired) electrons. The van der Waals surface area contributed by atoms with Gasteiger partial charge in [0.2, 0.25) is 0 Å². The molecule has 0 aromatic heterocycles. The number of carbonyl (C=O) groups is 1. The molecule has 0 spiro atoms. The van der Waals surface area contributed by atoms with E-state index in [1.165, 1.54) is 19.3 Å². The van der Waals surface area contributed by atoms with Crippen LogP contribution in [0.4, 0.5) is 0 Å². The molecule has 2 atom stereocenters. The summed E-state index contributed by atoms with van der Waals surface area (Å²) in [7, 11) is 0. The van der Waals surface area contributed by atoms with Crippen LogP contribution >= 0.6 is 0 Å². The van der Waals surface area contributed by atoms with Gasteiger partial charge in [0.05, 0.1) is 0 Å². The van der Waals surface area contributed by atoms with Gasteiger partial charge >= 0.3 is 0 Å². The summed E-state index contributed by atoms with van der Waals surface area (Å²) in [5.74, 6) is 0.732. The highest BCUT2D eigenvalue weighted by atomic mass is 16.1. The van der Waals surface area contributed by atoms with Gasteiger partial charge in [-0.2, -0.15) is 0 Å². The second-order valence-corrected chi connectivity index (χ2v) is 5.90. The maximum Gasteiger partial charge on any atom is 0.251 e. The molecule has 1 aliphatic rings. The van der Waals surface area contributed by atoms with E-state index in [0.717, 1.165) is 29.8 Å². The lowest BCUT2D eigenvalue weighted by Crippen LogP contribution is -2.48. The van der Waals surface area contributed by atoms with Gasteiger partial charge in [-0.25, -0.2) is 0 Å². The lowest BCUT2D eigenvalue weighted by Gasteiger charge is -2.32. The SMILES string of the molecule is CCC1CCCNC1CNC(=O)c1cc(C)ccc1C. The summed E-state index contributed by atoms with van der Waals surface area (Å²) in [6.07, 6.45) is 3.70. The van der Waals surface area contributed by atoms with Crippen molar-refractivity contribution in [2.75, 3.05) is 13.1 Å². The van der Waals surface area contributed by atoms with Gasteiger partial charge < -0.3 is 10.6 Å². The molecule has 2 N–H and O–H groups in total. The molecule has 3 heteroatoms. The molecule has 1 heterocycles. The molecule has 1 aromatic rings. The standard InChI is InChI=1S/C17H26N2O/c1-4-14-6-5-9-18-16(14)11-19-17(20)15-10-12(2)7-8-13(15)3/h7-8,10,14,16,18H,4-6,9,11H2,1-3H3,(H,19,20). The Kier molecular flexibility index (Phi) is 5.18. The van der Waals surface area contributed by atoms with E-state index in [0.29, 0.717) is 12.0 Å². The van der Waals surface area contributed by atoms with Crippen molar-refractivity contribution in [3.63, 3.8) is 0 Å². The molecule has 1 amide bonds. The molecular weight excluding hydrogens is 248 g/mol. The number of hydrogen-bond donors (Lipinski definition) is 2. The van der Waals surface area contributed by atoms with Crippen LogP contribution in [0.15, 0.2) is 18.2 Å². The molecule has 0 aliphatic carbocycles. The average molecular weight is 274 g/mol. The van der Waals surface area contributed by atoms with Gasteiger partial charge in [-0.3, -0.25) is 4.79 Å². The molecule has 0 saturated carbocycles. The van der Waals surface area contributed by atoms with Crippen molar-refractivity contribution in [1.82, 2.24) is 10.6 Å². The molecule has 3 nitrogen and oxygen atoms in total. The van der Waals surface area contributed by atoms with E-state index in [2.05, 4.69) is 17.6 Å². The highest BCUT2D eigenvalue weighted by Crippen LogP contribution is 2.19. The summed E-state index contributed by atoms with van der Waals surface area (Å²) in [5.41, 5.74) is 2.97. The lowest BCUT2D eigenvalue weighted by atomic mass is 9.88. The van der Waals surface area contributed by atoms with Gasteiger partial charge in [-0.1, -0.05) is 31.0 Å². The smallest absolute Gasteiger partial charge is 0.251 e. The Hall–Kier alpha value is -1.35. The Morgan fingerprint density at radius 2 is 2.20 bits per heavy atom. The minimum Gasteiger partial charge on any atom is -0.350 e. The molecule has 110 valence electrons. The topological polar surface area (TPSA) is 41.1 Å². The number of aryl methyl sites for hydroxylation is 2. The Morgan fingerprint density at radius 3 is 2.95 bits per heavy atom. The maximum absolute atomic E-state index is 12.3. The zero-order chi connectivity index (χ0) is 14.5. The number of hydrogen-bond acceptors (Lipinski definition) is 2. The number of benzene rings is 1. The number of nitrogens with one attached hydrogen (secondary N) is 2. The third-order valence-electron chi connectivity index (χ3n) is 4.37. The third-order valence-corrected chi connectivity index (χ3v) is 4.37. The van der Waals surface area contributed by atoms with E-state index < -0.39 is 0 Å². The fraction of sp³-hybridized carbons (Fsp3) is 0.588. The van der Waals surface area contributed by atoms with Crippen LogP contribution in [0.2, 0.25) is 0 Å². The molecule has 1 fully saturated rings. The second-order valence-electron chi connectivity index (χ2n) is 5.90. The van der Waals surface area contributed by atoms with E-state index in [-0.39, 0.29) is 5.91 Å². The summed E-state index contributed by atoms with van der Waals surface area (Å²) in [6, 6.07) is 6.44. The van der Waals surface area contributed by atoms with Crippen LogP contribution in [0.3, 0.4) is 0 Å². The van der Waals surface area contributed by atoms with E-state index >= 15 is 0 Å². The van der Waals surface area contributed by atoms with Gasteiger partial charge in [-0.15, -0.1) is 0 Å². The van der Waals surface area contributed by atoms with Crippen molar-refractivity contribution < 1.29 is 4.79 Å². The van der Waals surface area contributed by atoms with Gasteiger partial charge in [0.25, 0.3) is 5.91 Å². The van der Waals surface area contributed by atoms with Crippen LogP contribution in [-0.4, -0.2) is 25.0 Å². The first kappa shape index (κ1) is 15.0. The summed E-state index contributed by atoms with van der Waals surface area (Å²) in [6.45, 7) is 8.04. The van der Waals surface area contributed by atoms with Crippen LogP contribution in [0.1, 0.15) is 47.7 Å². The normalized spacial score (nSPS) is 22.6. The minimum atomic E-state index is 0.0495. The molecule has 1 saturated heterocycles. The summed E-state index contributed by atoms with van der Waals surface area (Å²) in [5, 5.41) is 6.64. The zero-order valence-corrected chi connectivity index (χ0v) is 12.8. The first-order chi connectivity index (χ1) is 9.61. The van der Waals surface area contributed by atoms with Crippen LogP contribution in [0.25, 0.3) is 0 Å². The van der Waals surface area contributed by atoms with E-state index in [1.54, 1.807) is 0 Å². The minimum absolute atomic E-state index is 0.0495. The fourth-order valence-electron chi connectivity index (χ4n) is 3.03. The number of rotatable bonds is 4. The van der Waals surface area contributed by atoms with Gasteiger partial charge in [-0.05, 0) is 50.8 Å².